The minimum absolute atomic E-state index is 0.881. The van der Waals surface area contributed by atoms with Crippen LogP contribution >= 0.6 is 0 Å². The zero-order valence-electron chi connectivity index (χ0n) is 15.5. The quantitative estimate of drug-likeness (QED) is 0.600. The fourth-order valence-electron chi connectivity index (χ4n) is 2.46. The third kappa shape index (κ3) is 9.41. The molecule has 2 aliphatic heterocycles. The lowest BCUT2D eigenvalue weighted by atomic mass is 10.1. The van der Waals surface area contributed by atoms with Gasteiger partial charge >= 0.3 is 24.3 Å². The van der Waals surface area contributed by atoms with E-state index >= 15 is 0 Å². The lowest BCUT2D eigenvalue weighted by Crippen LogP contribution is -2.35. The molecule has 0 unspecified atom stereocenters. The summed E-state index contributed by atoms with van der Waals surface area (Å²) < 4.78 is 68.8. The van der Waals surface area contributed by atoms with Gasteiger partial charge in [0.2, 0.25) is 0 Å². The van der Waals surface area contributed by atoms with Gasteiger partial charge < -0.3 is 20.3 Å². The van der Waals surface area contributed by atoms with Gasteiger partial charge in [-0.2, -0.15) is 26.3 Å². The molecule has 30 heavy (non-hydrogen) atoms. The van der Waals surface area contributed by atoms with Gasteiger partial charge in [0.15, 0.2) is 0 Å². The average Bonchev–Trinajstić information content (AvgIpc) is 3.10. The molecule has 7 nitrogen and oxygen atoms in total. The summed E-state index contributed by atoms with van der Waals surface area (Å²) in [7, 11) is 0. The second-order valence-corrected chi connectivity index (χ2v) is 6.20. The second kappa shape index (κ2) is 11.1. The second-order valence-electron chi connectivity index (χ2n) is 6.20. The van der Waals surface area contributed by atoms with E-state index in [9.17, 15) is 26.3 Å². The summed E-state index contributed by atoms with van der Waals surface area (Å²) in [6.07, 6.45) is -10.2. The maximum Gasteiger partial charge on any atom is 0.490 e. The molecular weight excluding hydrogens is 426 g/mol. The third-order valence-electron chi connectivity index (χ3n) is 3.90. The van der Waals surface area contributed by atoms with Crippen LogP contribution in [0.2, 0.25) is 0 Å². The molecule has 0 atom stereocenters. The van der Waals surface area contributed by atoms with E-state index in [1.807, 2.05) is 0 Å². The number of hydrogen-bond donors (Lipinski definition) is 3. The molecule has 2 aliphatic rings. The lowest BCUT2D eigenvalue weighted by molar-refractivity contribution is -0.193. The zero-order valence-corrected chi connectivity index (χ0v) is 15.5. The fourth-order valence-corrected chi connectivity index (χ4v) is 2.46. The summed E-state index contributed by atoms with van der Waals surface area (Å²) in [5, 5.41) is 17.6. The van der Waals surface area contributed by atoms with E-state index in [-0.39, 0.29) is 0 Å². The van der Waals surface area contributed by atoms with Crippen molar-refractivity contribution < 1.29 is 50.9 Å². The number of carboxylic acids is 2. The van der Waals surface area contributed by atoms with Crippen LogP contribution in [0.5, 0.6) is 0 Å². The van der Waals surface area contributed by atoms with Crippen molar-refractivity contribution in [1.82, 2.24) is 10.2 Å². The number of fused-ring (bicyclic) bond motifs is 1. The van der Waals surface area contributed by atoms with Crippen LogP contribution in [-0.2, 0) is 34.0 Å². The SMILES string of the molecule is O=C(O)C(F)(F)F.O=C(O)C(F)(F)F.c1cc2c(cc1CN1CCOCC1)CNC2. The molecule has 2 heterocycles. The molecule has 0 aromatic heterocycles. The number of alkyl halides is 6. The summed E-state index contributed by atoms with van der Waals surface area (Å²) in [6, 6.07) is 6.89. The van der Waals surface area contributed by atoms with Crippen molar-refractivity contribution in [2.45, 2.75) is 32.0 Å². The fraction of sp³-hybridized carbons (Fsp3) is 0.529. The highest BCUT2D eigenvalue weighted by Gasteiger charge is 2.38. The molecule has 0 bridgehead atoms. The van der Waals surface area contributed by atoms with Crippen LogP contribution in [0.1, 0.15) is 16.7 Å². The van der Waals surface area contributed by atoms with Crippen molar-refractivity contribution in [2.75, 3.05) is 26.3 Å². The minimum atomic E-state index is -5.08. The van der Waals surface area contributed by atoms with Crippen molar-refractivity contribution >= 4 is 11.9 Å². The maximum atomic E-state index is 10.6. The Hall–Kier alpha value is -2.38. The van der Waals surface area contributed by atoms with Crippen molar-refractivity contribution in [3.8, 4) is 0 Å². The molecule has 0 amide bonds. The Balaban J connectivity index is 0.000000271. The number of morpholine rings is 1. The number of hydrogen-bond acceptors (Lipinski definition) is 5. The molecule has 3 rings (SSSR count). The van der Waals surface area contributed by atoms with Gasteiger partial charge in [-0.15, -0.1) is 0 Å². The molecule has 0 aliphatic carbocycles. The van der Waals surface area contributed by atoms with Gasteiger partial charge in [0, 0.05) is 32.7 Å². The number of ether oxygens (including phenoxy) is 1. The van der Waals surface area contributed by atoms with E-state index in [0.717, 1.165) is 45.9 Å². The average molecular weight is 446 g/mol. The zero-order chi connectivity index (χ0) is 22.9. The van der Waals surface area contributed by atoms with Crippen molar-refractivity contribution in [3.05, 3.63) is 34.9 Å². The first-order valence-corrected chi connectivity index (χ1v) is 8.52. The van der Waals surface area contributed by atoms with Gasteiger partial charge in [0.25, 0.3) is 0 Å². The molecular formula is C17H20F6N2O5. The van der Waals surface area contributed by atoms with E-state index in [4.69, 9.17) is 24.5 Å². The molecule has 0 radical (unpaired) electrons. The van der Waals surface area contributed by atoms with Gasteiger partial charge in [-0.1, -0.05) is 18.2 Å². The topological polar surface area (TPSA) is 99.1 Å². The Morgan fingerprint density at radius 3 is 1.87 bits per heavy atom. The van der Waals surface area contributed by atoms with Gasteiger partial charge in [0.05, 0.1) is 13.2 Å². The smallest absolute Gasteiger partial charge is 0.475 e. The molecule has 0 saturated carbocycles. The van der Waals surface area contributed by atoms with Crippen LogP contribution in [0.3, 0.4) is 0 Å². The number of nitrogens with one attached hydrogen (secondary N) is 1. The predicted octanol–water partition coefficient (Wildman–Crippen LogP) is 2.39. The van der Waals surface area contributed by atoms with Gasteiger partial charge in [-0.3, -0.25) is 4.90 Å². The van der Waals surface area contributed by atoms with E-state index in [2.05, 4.69) is 28.4 Å². The number of carboxylic acid groups (broad SMARTS) is 2. The molecule has 0 spiro atoms. The highest BCUT2D eigenvalue weighted by atomic mass is 19.4. The molecule has 3 N–H and O–H groups in total. The number of rotatable bonds is 2. The summed E-state index contributed by atoms with van der Waals surface area (Å²) in [5.41, 5.74) is 4.38. The number of halogens is 6. The first-order valence-electron chi connectivity index (χ1n) is 8.52. The molecule has 1 aromatic rings. The standard InChI is InChI=1S/C13H18N2O.2C2HF3O2/c1-2-12-8-14-9-13(12)7-11(1)10-15-3-5-16-6-4-15;2*3-2(4,5)1(6)7/h1-2,7,14H,3-6,8-10H2;2*(H,6,7). The Bertz CT molecular complexity index is 694. The monoisotopic (exact) mass is 446 g/mol. The minimum Gasteiger partial charge on any atom is -0.475 e. The lowest BCUT2D eigenvalue weighted by Gasteiger charge is -2.26. The molecule has 170 valence electrons. The molecule has 1 aromatic carbocycles. The first kappa shape index (κ1) is 25.7. The van der Waals surface area contributed by atoms with Crippen LogP contribution in [0.25, 0.3) is 0 Å². The van der Waals surface area contributed by atoms with E-state index in [1.165, 1.54) is 16.7 Å². The summed E-state index contributed by atoms with van der Waals surface area (Å²) in [5.74, 6) is -5.51. The third-order valence-corrected chi connectivity index (χ3v) is 3.90. The van der Waals surface area contributed by atoms with Crippen molar-refractivity contribution in [1.29, 1.82) is 0 Å². The first-order chi connectivity index (χ1) is 13.8. The van der Waals surface area contributed by atoms with E-state index in [0.29, 0.717) is 0 Å². The van der Waals surface area contributed by atoms with E-state index in [1.54, 1.807) is 0 Å². The normalized spacial score (nSPS) is 16.5. The number of benzene rings is 1. The van der Waals surface area contributed by atoms with Gasteiger partial charge in [0.1, 0.15) is 0 Å². The number of nitrogens with zero attached hydrogens (tertiary/aromatic N) is 1. The molecule has 1 saturated heterocycles. The Kier molecular flexibility index (Phi) is 9.52. The highest BCUT2D eigenvalue weighted by molar-refractivity contribution is 5.73. The predicted molar refractivity (Wildman–Crippen MR) is 90.5 cm³/mol. The van der Waals surface area contributed by atoms with Crippen LogP contribution < -0.4 is 5.32 Å². The van der Waals surface area contributed by atoms with Crippen LogP contribution in [-0.4, -0.2) is 65.7 Å². The van der Waals surface area contributed by atoms with E-state index < -0.39 is 24.3 Å². The Morgan fingerprint density at radius 2 is 1.40 bits per heavy atom. The number of carbonyl (C=O) groups is 2. The van der Waals surface area contributed by atoms with Crippen molar-refractivity contribution in [2.24, 2.45) is 0 Å². The maximum absolute atomic E-state index is 10.6. The molecule has 1 fully saturated rings. The van der Waals surface area contributed by atoms with Crippen LogP contribution in [0.4, 0.5) is 26.3 Å². The largest absolute Gasteiger partial charge is 0.490 e. The Labute approximate surface area is 167 Å². The summed E-state index contributed by atoms with van der Waals surface area (Å²) in [4.78, 5) is 20.3. The van der Waals surface area contributed by atoms with Gasteiger partial charge in [-0.25, -0.2) is 9.59 Å². The molecule has 13 heteroatoms. The summed E-state index contributed by atoms with van der Waals surface area (Å²) >= 11 is 0. The van der Waals surface area contributed by atoms with Crippen molar-refractivity contribution in [3.63, 3.8) is 0 Å². The Morgan fingerprint density at radius 1 is 0.933 bits per heavy atom. The van der Waals surface area contributed by atoms with Crippen LogP contribution in [0, 0.1) is 0 Å². The number of aliphatic carboxylic acids is 2. The van der Waals surface area contributed by atoms with Crippen LogP contribution in [0.15, 0.2) is 18.2 Å². The summed E-state index contributed by atoms with van der Waals surface area (Å²) in [6.45, 7) is 7.03. The highest BCUT2D eigenvalue weighted by Crippen LogP contribution is 2.18. The van der Waals surface area contributed by atoms with Gasteiger partial charge in [-0.05, 0) is 16.7 Å².